The Hall–Kier alpha value is -2.00. The van der Waals surface area contributed by atoms with Crippen LogP contribution in [-0.2, 0) is 17.8 Å². The molecule has 1 aliphatic heterocycles. The van der Waals surface area contributed by atoms with Crippen molar-refractivity contribution < 1.29 is 14.6 Å². The molecule has 1 unspecified atom stereocenters. The van der Waals surface area contributed by atoms with Crippen LogP contribution in [0.1, 0.15) is 11.1 Å². The Morgan fingerprint density at radius 1 is 1.11 bits per heavy atom. The van der Waals surface area contributed by atoms with Crippen LogP contribution >= 0.6 is 0 Å². The molecular weight excluding hydrogens is 240 g/mol. The first kappa shape index (κ1) is 12.1. The molecule has 1 N–H and O–H groups in total. The summed E-state index contributed by atoms with van der Waals surface area (Å²) in [6, 6.07) is 15.4. The van der Waals surface area contributed by atoms with Gasteiger partial charge < -0.3 is 14.6 Å². The molecule has 1 fully saturated rings. The molecule has 1 saturated heterocycles. The number of epoxide rings is 1. The topological polar surface area (TPSA) is 42.0 Å². The highest BCUT2D eigenvalue weighted by Crippen LogP contribution is 2.29. The second-order valence-corrected chi connectivity index (χ2v) is 4.74. The molecule has 1 aliphatic rings. The van der Waals surface area contributed by atoms with Crippen molar-refractivity contribution in [3.05, 3.63) is 59.7 Å². The molecule has 0 aliphatic carbocycles. The number of hydrogen-bond donors (Lipinski definition) is 1. The highest BCUT2D eigenvalue weighted by Gasteiger charge is 2.22. The van der Waals surface area contributed by atoms with Crippen LogP contribution < -0.4 is 4.74 Å². The molecule has 0 radical (unpaired) electrons. The van der Waals surface area contributed by atoms with E-state index in [2.05, 4.69) is 0 Å². The van der Waals surface area contributed by atoms with Crippen LogP contribution in [0.4, 0.5) is 0 Å². The van der Waals surface area contributed by atoms with Gasteiger partial charge in [0.2, 0.25) is 0 Å². The summed E-state index contributed by atoms with van der Waals surface area (Å²) in [7, 11) is 0. The van der Waals surface area contributed by atoms with Gasteiger partial charge in [0, 0.05) is 6.42 Å². The third-order valence-electron chi connectivity index (χ3n) is 3.13. The van der Waals surface area contributed by atoms with Gasteiger partial charge in [-0.25, -0.2) is 0 Å². The van der Waals surface area contributed by atoms with Crippen molar-refractivity contribution in [1.29, 1.82) is 0 Å². The predicted molar refractivity (Wildman–Crippen MR) is 72.3 cm³/mol. The third-order valence-corrected chi connectivity index (χ3v) is 3.13. The van der Waals surface area contributed by atoms with Gasteiger partial charge in [-0.3, -0.25) is 0 Å². The predicted octanol–water partition coefficient (Wildman–Crippen LogP) is 2.91. The van der Waals surface area contributed by atoms with Gasteiger partial charge in [-0.05, 0) is 23.3 Å². The molecule has 0 spiro atoms. The van der Waals surface area contributed by atoms with E-state index in [1.807, 2.05) is 42.5 Å². The largest absolute Gasteiger partial charge is 0.504 e. The van der Waals surface area contributed by atoms with Gasteiger partial charge in [-0.15, -0.1) is 0 Å². The van der Waals surface area contributed by atoms with E-state index in [9.17, 15) is 5.11 Å². The van der Waals surface area contributed by atoms with Crippen molar-refractivity contribution in [2.24, 2.45) is 0 Å². The van der Waals surface area contributed by atoms with Gasteiger partial charge in [0.15, 0.2) is 11.5 Å². The maximum Gasteiger partial charge on any atom is 0.161 e. The van der Waals surface area contributed by atoms with E-state index >= 15 is 0 Å². The van der Waals surface area contributed by atoms with Crippen LogP contribution in [-0.4, -0.2) is 17.8 Å². The molecule has 1 atom stereocenters. The average Bonchev–Trinajstić information content (AvgIpc) is 3.24. The molecule has 3 rings (SSSR count). The molecule has 0 saturated carbocycles. The summed E-state index contributed by atoms with van der Waals surface area (Å²) in [5, 5.41) is 9.81. The highest BCUT2D eigenvalue weighted by atomic mass is 16.6. The number of ether oxygens (including phenoxy) is 2. The number of phenolic OH excluding ortho intramolecular Hbond substituents is 1. The van der Waals surface area contributed by atoms with Crippen LogP contribution in [0, 0.1) is 0 Å². The first-order chi connectivity index (χ1) is 9.31. The average molecular weight is 256 g/mol. The number of aromatic hydroxyl groups is 1. The lowest BCUT2D eigenvalue weighted by molar-refractivity contribution is 0.288. The van der Waals surface area contributed by atoms with Crippen molar-refractivity contribution in [2.75, 3.05) is 6.61 Å². The molecule has 3 nitrogen and oxygen atoms in total. The Morgan fingerprint density at radius 2 is 1.89 bits per heavy atom. The zero-order chi connectivity index (χ0) is 13.1. The SMILES string of the molecule is Oc1ccc(CC2CO2)cc1OCc1ccccc1. The number of benzene rings is 2. The lowest BCUT2D eigenvalue weighted by Gasteiger charge is -2.09. The van der Waals surface area contributed by atoms with Gasteiger partial charge in [0.1, 0.15) is 6.61 Å². The van der Waals surface area contributed by atoms with Crippen molar-refractivity contribution in [3.8, 4) is 11.5 Å². The molecule has 98 valence electrons. The van der Waals surface area contributed by atoms with E-state index in [0.717, 1.165) is 24.2 Å². The molecule has 0 aromatic heterocycles. The van der Waals surface area contributed by atoms with Crippen molar-refractivity contribution in [1.82, 2.24) is 0 Å². The third kappa shape index (κ3) is 3.26. The van der Waals surface area contributed by atoms with Crippen LogP contribution in [0.2, 0.25) is 0 Å². The summed E-state index contributed by atoms with van der Waals surface area (Å²) in [6.07, 6.45) is 1.22. The Kier molecular flexibility index (Phi) is 3.38. The van der Waals surface area contributed by atoms with Crippen LogP contribution in [0.3, 0.4) is 0 Å². The zero-order valence-electron chi connectivity index (χ0n) is 10.6. The maximum absolute atomic E-state index is 9.81. The fourth-order valence-corrected chi connectivity index (χ4v) is 1.99. The summed E-state index contributed by atoms with van der Waals surface area (Å²) in [5.74, 6) is 0.707. The lowest BCUT2D eigenvalue weighted by Crippen LogP contribution is -1.98. The summed E-state index contributed by atoms with van der Waals surface area (Å²) < 4.78 is 10.9. The lowest BCUT2D eigenvalue weighted by atomic mass is 10.1. The minimum atomic E-state index is 0.177. The molecule has 19 heavy (non-hydrogen) atoms. The van der Waals surface area contributed by atoms with Gasteiger partial charge >= 0.3 is 0 Å². The first-order valence-corrected chi connectivity index (χ1v) is 6.41. The van der Waals surface area contributed by atoms with E-state index in [1.165, 1.54) is 0 Å². The number of hydrogen-bond acceptors (Lipinski definition) is 3. The normalized spacial score (nSPS) is 17.2. The Labute approximate surface area is 112 Å². The van der Waals surface area contributed by atoms with Gasteiger partial charge in [0.05, 0.1) is 12.7 Å². The smallest absolute Gasteiger partial charge is 0.161 e. The molecule has 3 heteroatoms. The minimum Gasteiger partial charge on any atom is -0.504 e. The van der Waals surface area contributed by atoms with E-state index in [1.54, 1.807) is 6.07 Å². The van der Waals surface area contributed by atoms with Crippen molar-refractivity contribution in [2.45, 2.75) is 19.1 Å². The van der Waals surface area contributed by atoms with Crippen molar-refractivity contribution >= 4 is 0 Å². The second kappa shape index (κ2) is 5.33. The maximum atomic E-state index is 9.81. The van der Waals surface area contributed by atoms with E-state index in [0.29, 0.717) is 18.5 Å². The fourth-order valence-electron chi connectivity index (χ4n) is 1.99. The van der Waals surface area contributed by atoms with Crippen LogP contribution in [0.5, 0.6) is 11.5 Å². The van der Waals surface area contributed by atoms with Gasteiger partial charge in [-0.2, -0.15) is 0 Å². The van der Waals surface area contributed by atoms with Crippen LogP contribution in [0.15, 0.2) is 48.5 Å². The Morgan fingerprint density at radius 3 is 2.63 bits per heavy atom. The van der Waals surface area contributed by atoms with E-state index < -0.39 is 0 Å². The summed E-state index contributed by atoms with van der Waals surface area (Å²) >= 11 is 0. The fraction of sp³-hybridized carbons (Fsp3) is 0.250. The first-order valence-electron chi connectivity index (χ1n) is 6.41. The molecule has 0 amide bonds. The van der Waals surface area contributed by atoms with E-state index in [-0.39, 0.29) is 5.75 Å². The highest BCUT2D eigenvalue weighted by molar-refractivity contribution is 5.42. The molecule has 1 heterocycles. The Balaban J connectivity index is 1.68. The summed E-state index contributed by atoms with van der Waals surface area (Å²) in [4.78, 5) is 0. The zero-order valence-corrected chi connectivity index (χ0v) is 10.6. The summed E-state index contributed by atoms with van der Waals surface area (Å²) in [5.41, 5.74) is 2.21. The Bertz CT molecular complexity index is 547. The quantitative estimate of drug-likeness (QED) is 0.836. The van der Waals surface area contributed by atoms with Crippen LogP contribution in [0.25, 0.3) is 0 Å². The molecule has 2 aromatic carbocycles. The standard InChI is InChI=1S/C16H16O3/c17-15-7-6-13(8-14-11-18-14)9-16(15)19-10-12-4-2-1-3-5-12/h1-7,9,14,17H,8,10-11H2. The molecular formula is C16H16O3. The van der Waals surface area contributed by atoms with Gasteiger partial charge in [-0.1, -0.05) is 36.4 Å². The number of phenols is 1. The molecule has 2 aromatic rings. The van der Waals surface area contributed by atoms with E-state index in [4.69, 9.17) is 9.47 Å². The second-order valence-electron chi connectivity index (χ2n) is 4.74. The van der Waals surface area contributed by atoms with Crippen molar-refractivity contribution in [3.63, 3.8) is 0 Å². The molecule has 0 bridgehead atoms. The minimum absolute atomic E-state index is 0.177. The summed E-state index contributed by atoms with van der Waals surface area (Å²) in [6.45, 7) is 1.29. The number of rotatable bonds is 5. The monoisotopic (exact) mass is 256 g/mol. The van der Waals surface area contributed by atoms with Gasteiger partial charge in [0.25, 0.3) is 0 Å².